The Hall–Kier alpha value is -3.36. The normalized spacial score (nSPS) is 13.6. The predicted octanol–water partition coefficient (Wildman–Crippen LogP) is 6.70. The minimum Gasteiger partial charge on any atom is -0.324 e. The van der Waals surface area contributed by atoms with Crippen LogP contribution in [0.15, 0.2) is 87.7 Å². The zero-order chi connectivity index (χ0) is 23.9. The highest BCUT2D eigenvalue weighted by molar-refractivity contribution is 8.00. The van der Waals surface area contributed by atoms with E-state index < -0.39 is 0 Å². The molecule has 35 heavy (non-hydrogen) atoms. The van der Waals surface area contributed by atoms with Crippen molar-refractivity contribution in [3.8, 4) is 0 Å². The fourth-order valence-corrected chi connectivity index (χ4v) is 6.49. The van der Waals surface area contributed by atoms with Crippen LogP contribution in [0, 0.1) is 0 Å². The highest BCUT2D eigenvalue weighted by atomic mass is 32.2. The quantitative estimate of drug-likeness (QED) is 0.252. The van der Waals surface area contributed by atoms with Gasteiger partial charge in [0, 0.05) is 21.7 Å². The zero-order valence-electron chi connectivity index (χ0n) is 19.4. The van der Waals surface area contributed by atoms with Crippen LogP contribution in [-0.4, -0.2) is 30.9 Å². The van der Waals surface area contributed by atoms with Crippen LogP contribution in [0.1, 0.15) is 20.3 Å². The summed E-state index contributed by atoms with van der Waals surface area (Å²) in [6.45, 7) is 4.91. The first-order valence-electron chi connectivity index (χ1n) is 11.7. The van der Waals surface area contributed by atoms with Crippen LogP contribution in [0.5, 0.6) is 0 Å². The Balaban J connectivity index is 1.38. The Morgan fingerprint density at radius 1 is 0.914 bits per heavy atom. The lowest BCUT2D eigenvalue weighted by Crippen LogP contribution is -2.35. The molecule has 1 amide bonds. The maximum atomic E-state index is 14.0. The molecule has 0 radical (unpaired) electrons. The van der Waals surface area contributed by atoms with E-state index in [2.05, 4.69) is 46.0 Å². The maximum Gasteiger partial charge on any atom is 0.245 e. The van der Waals surface area contributed by atoms with Crippen molar-refractivity contribution < 1.29 is 4.79 Å². The Morgan fingerprint density at radius 2 is 1.57 bits per heavy atom. The summed E-state index contributed by atoms with van der Waals surface area (Å²) in [6, 6.07) is 24.3. The van der Waals surface area contributed by atoms with Gasteiger partial charge in [0.1, 0.15) is 5.52 Å². The molecule has 3 heterocycles. The number of aryl methyl sites for hydroxylation is 1. The van der Waals surface area contributed by atoms with Gasteiger partial charge in [-0.05, 0) is 43.7 Å². The molecule has 0 saturated heterocycles. The molecule has 0 bridgehead atoms. The third-order valence-corrected chi connectivity index (χ3v) is 8.55. The summed E-state index contributed by atoms with van der Waals surface area (Å²) in [5, 5.41) is 10.2. The molecule has 5 aromatic rings. The second-order valence-corrected chi connectivity index (χ2v) is 10.5. The number of rotatable bonds is 5. The van der Waals surface area contributed by atoms with Gasteiger partial charge < -0.3 is 4.57 Å². The highest BCUT2D eigenvalue weighted by Crippen LogP contribution is 2.48. The number of carbonyl (C=O) groups excluding carboxylic acids is 1. The largest absolute Gasteiger partial charge is 0.324 e. The van der Waals surface area contributed by atoms with Crippen molar-refractivity contribution in [1.82, 2.24) is 19.7 Å². The van der Waals surface area contributed by atoms with Crippen molar-refractivity contribution in [2.75, 3.05) is 4.90 Å². The topological polar surface area (TPSA) is 63.9 Å². The van der Waals surface area contributed by atoms with E-state index in [1.165, 1.54) is 11.8 Å². The van der Waals surface area contributed by atoms with Gasteiger partial charge in [-0.25, -0.2) is 4.98 Å². The van der Waals surface area contributed by atoms with Crippen molar-refractivity contribution in [1.29, 1.82) is 0 Å². The number of hydrogen-bond donors (Lipinski definition) is 0. The minimum absolute atomic E-state index is 0.0254. The molecule has 6 rings (SSSR count). The van der Waals surface area contributed by atoms with Crippen molar-refractivity contribution in [2.24, 2.45) is 0 Å². The summed E-state index contributed by atoms with van der Waals surface area (Å²) >= 11 is 3.08. The maximum absolute atomic E-state index is 14.0. The first-order valence-corrected chi connectivity index (χ1v) is 13.4. The lowest BCUT2D eigenvalue weighted by atomic mass is 10.2. The molecule has 8 heteroatoms. The van der Waals surface area contributed by atoms with Gasteiger partial charge in [-0.2, -0.15) is 0 Å². The zero-order valence-corrected chi connectivity index (χ0v) is 21.0. The Kier molecular flexibility index (Phi) is 5.70. The molecule has 1 atom stereocenters. The molecule has 0 saturated carbocycles. The second-order valence-electron chi connectivity index (χ2n) is 8.25. The number of nitrogens with zero attached hydrogens (tertiary/aromatic N) is 5. The third kappa shape index (κ3) is 3.68. The number of thioether (sulfide) groups is 1. The molecular formula is C27H23N5OS2. The van der Waals surface area contributed by atoms with Crippen molar-refractivity contribution in [3.05, 3.63) is 72.8 Å². The summed E-state index contributed by atoms with van der Waals surface area (Å²) in [5.74, 6) is 0.0254. The average molecular weight is 498 g/mol. The molecule has 1 aliphatic heterocycles. The van der Waals surface area contributed by atoms with Gasteiger partial charge in [-0.15, -0.1) is 10.2 Å². The minimum atomic E-state index is -0.349. The molecule has 174 valence electrons. The lowest BCUT2D eigenvalue weighted by molar-refractivity contribution is -0.117. The SMILES string of the molecule is CCC(Sc1nnc2c3ccccc3n(CC)c2n1)C(=O)N1c2ccccc2Sc2ccccc21. The van der Waals surface area contributed by atoms with Crippen LogP contribution in [-0.2, 0) is 11.3 Å². The predicted molar refractivity (Wildman–Crippen MR) is 143 cm³/mol. The second kappa shape index (κ2) is 9.02. The van der Waals surface area contributed by atoms with Gasteiger partial charge in [0.15, 0.2) is 5.65 Å². The van der Waals surface area contributed by atoms with E-state index in [4.69, 9.17) is 4.98 Å². The van der Waals surface area contributed by atoms with E-state index in [9.17, 15) is 4.79 Å². The number of fused-ring (bicyclic) bond motifs is 5. The molecule has 0 spiro atoms. The first-order chi connectivity index (χ1) is 17.2. The first kappa shape index (κ1) is 22.1. The van der Waals surface area contributed by atoms with Gasteiger partial charge in [0.25, 0.3) is 0 Å². The molecular weight excluding hydrogens is 474 g/mol. The molecule has 3 aromatic carbocycles. The summed E-state index contributed by atoms with van der Waals surface area (Å²) in [6.07, 6.45) is 0.648. The van der Waals surface area contributed by atoms with Crippen LogP contribution in [0.2, 0.25) is 0 Å². The van der Waals surface area contributed by atoms with Crippen LogP contribution < -0.4 is 4.90 Å². The fourth-order valence-electron chi connectivity index (χ4n) is 4.58. The molecule has 0 N–H and O–H groups in total. The van der Waals surface area contributed by atoms with E-state index in [1.54, 1.807) is 11.8 Å². The van der Waals surface area contributed by atoms with Gasteiger partial charge in [-0.3, -0.25) is 9.69 Å². The van der Waals surface area contributed by atoms with Gasteiger partial charge >= 0.3 is 0 Å². The Bertz CT molecular complexity index is 1540. The van der Waals surface area contributed by atoms with Crippen LogP contribution in [0.4, 0.5) is 11.4 Å². The number of amides is 1. The van der Waals surface area contributed by atoms with Crippen molar-refractivity contribution in [2.45, 2.75) is 47.0 Å². The van der Waals surface area contributed by atoms with Crippen molar-refractivity contribution >= 4 is 62.9 Å². The third-order valence-electron chi connectivity index (χ3n) is 6.22. The molecule has 1 unspecified atom stereocenters. The monoisotopic (exact) mass is 497 g/mol. The van der Waals surface area contributed by atoms with Crippen molar-refractivity contribution in [3.63, 3.8) is 0 Å². The number of anilines is 2. The molecule has 0 aliphatic carbocycles. The summed E-state index contributed by atoms with van der Waals surface area (Å²) in [5.41, 5.74) is 4.53. The number of aromatic nitrogens is 4. The van der Waals surface area contributed by atoms with Gasteiger partial charge in [0.05, 0.1) is 22.1 Å². The number of hydrogen-bond acceptors (Lipinski definition) is 6. The van der Waals surface area contributed by atoms with Crippen LogP contribution in [0.3, 0.4) is 0 Å². The fraction of sp³-hybridized carbons (Fsp3) is 0.185. The summed E-state index contributed by atoms with van der Waals surface area (Å²) < 4.78 is 2.15. The number of para-hydroxylation sites is 3. The van der Waals surface area contributed by atoms with Crippen LogP contribution >= 0.6 is 23.5 Å². The van der Waals surface area contributed by atoms with Gasteiger partial charge in [0.2, 0.25) is 11.1 Å². The number of carbonyl (C=O) groups is 1. The molecule has 6 nitrogen and oxygen atoms in total. The molecule has 1 aliphatic rings. The average Bonchev–Trinajstić information content (AvgIpc) is 3.22. The molecule has 0 fully saturated rings. The van der Waals surface area contributed by atoms with E-state index in [0.717, 1.165) is 49.8 Å². The van der Waals surface area contributed by atoms with E-state index >= 15 is 0 Å². The van der Waals surface area contributed by atoms with E-state index in [-0.39, 0.29) is 11.2 Å². The smallest absolute Gasteiger partial charge is 0.245 e. The molecule has 2 aromatic heterocycles. The number of benzene rings is 3. The lowest BCUT2D eigenvalue weighted by Gasteiger charge is -2.33. The Labute approximate surface area is 211 Å². The van der Waals surface area contributed by atoms with E-state index in [1.807, 2.05) is 60.4 Å². The summed E-state index contributed by atoms with van der Waals surface area (Å²) in [7, 11) is 0. The van der Waals surface area contributed by atoms with Gasteiger partial charge in [-0.1, -0.05) is 72.9 Å². The highest BCUT2D eigenvalue weighted by Gasteiger charge is 2.33. The summed E-state index contributed by atoms with van der Waals surface area (Å²) in [4.78, 5) is 22.9. The standard InChI is InChI=1S/C27H23N5OS2/c1-3-21(26(33)32-19-13-7-9-15-22(19)34-23-16-10-8-14-20(23)32)35-27-28-25-24(29-30-27)17-11-5-6-12-18(17)31(25)4-2/h5-16,21H,3-4H2,1-2H3. The van der Waals surface area contributed by atoms with Crippen LogP contribution in [0.25, 0.3) is 22.1 Å². The Morgan fingerprint density at radius 3 is 2.26 bits per heavy atom. The van der Waals surface area contributed by atoms with E-state index in [0.29, 0.717) is 11.6 Å².